The molecule has 15 heavy (non-hydrogen) atoms. The molecule has 0 aromatic carbocycles. The van der Waals surface area contributed by atoms with Gasteiger partial charge in [0.15, 0.2) is 0 Å². The molecule has 0 bridgehead atoms. The third-order valence-electron chi connectivity index (χ3n) is 2.33. The van der Waals surface area contributed by atoms with Gasteiger partial charge in [-0.05, 0) is 31.5 Å². The molecular weight excluding hydrogens is 232 g/mol. The molecule has 0 aliphatic carbocycles. The maximum absolute atomic E-state index is 11.3. The number of halogens is 1. The first-order chi connectivity index (χ1) is 7.09. The van der Waals surface area contributed by atoms with E-state index in [1.54, 1.807) is 6.92 Å². The third kappa shape index (κ3) is 1.82. The Morgan fingerprint density at radius 3 is 2.67 bits per heavy atom. The Labute approximate surface area is 95.7 Å². The summed E-state index contributed by atoms with van der Waals surface area (Å²) in [6, 6.07) is 3.73. The summed E-state index contributed by atoms with van der Waals surface area (Å²) in [4.78, 5) is 12.3. The van der Waals surface area contributed by atoms with Gasteiger partial charge in [0, 0.05) is 5.56 Å². The average Bonchev–Trinajstić information content (AvgIpc) is 2.61. The van der Waals surface area contributed by atoms with Crippen LogP contribution in [0.15, 0.2) is 16.9 Å². The Balaban J connectivity index is 2.64. The molecule has 5 heteroatoms. The van der Waals surface area contributed by atoms with E-state index in [0.717, 1.165) is 20.5 Å². The van der Waals surface area contributed by atoms with Crippen LogP contribution in [-0.2, 0) is 0 Å². The van der Waals surface area contributed by atoms with Crippen LogP contribution in [0.2, 0.25) is 4.34 Å². The highest BCUT2D eigenvalue weighted by Gasteiger charge is 2.10. The van der Waals surface area contributed by atoms with Crippen LogP contribution in [0.5, 0.6) is 0 Å². The summed E-state index contributed by atoms with van der Waals surface area (Å²) in [6.45, 7) is 3.68. The quantitative estimate of drug-likeness (QED) is 0.833. The maximum atomic E-state index is 11.3. The topological polar surface area (TPSA) is 45.8 Å². The summed E-state index contributed by atoms with van der Waals surface area (Å²) in [7, 11) is 0. The molecular formula is C10H9ClN2OS. The SMILES string of the molecule is Cc1c(-c2ccc(Cl)s2)n[nH]c(=O)c1C. The predicted molar refractivity (Wildman–Crippen MR) is 62.7 cm³/mol. The van der Waals surface area contributed by atoms with Crippen LogP contribution in [0.25, 0.3) is 10.6 Å². The van der Waals surface area contributed by atoms with E-state index in [1.807, 2.05) is 19.1 Å². The van der Waals surface area contributed by atoms with Crippen LogP contribution in [0, 0.1) is 13.8 Å². The smallest absolute Gasteiger partial charge is 0.267 e. The van der Waals surface area contributed by atoms with Crippen LogP contribution >= 0.6 is 22.9 Å². The van der Waals surface area contributed by atoms with Gasteiger partial charge in [-0.2, -0.15) is 5.10 Å². The number of aromatic nitrogens is 2. The molecule has 78 valence electrons. The summed E-state index contributed by atoms with van der Waals surface area (Å²) >= 11 is 7.30. The average molecular weight is 241 g/mol. The van der Waals surface area contributed by atoms with Crippen molar-refractivity contribution in [1.29, 1.82) is 0 Å². The van der Waals surface area contributed by atoms with Crippen LogP contribution in [-0.4, -0.2) is 10.2 Å². The van der Waals surface area contributed by atoms with Crippen molar-refractivity contribution in [3.63, 3.8) is 0 Å². The second kappa shape index (κ2) is 3.79. The highest BCUT2D eigenvalue weighted by atomic mass is 35.5. The zero-order valence-electron chi connectivity index (χ0n) is 8.30. The molecule has 0 saturated heterocycles. The fraction of sp³-hybridized carbons (Fsp3) is 0.200. The first-order valence-corrected chi connectivity index (χ1v) is 5.60. The molecule has 0 fully saturated rings. The summed E-state index contributed by atoms with van der Waals surface area (Å²) in [5, 5.41) is 6.51. The standard InChI is InChI=1S/C10H9ClN2OS/c1-5-6(2)10(14)13-12-9(5)7-3-4-8(11)15-7/h3-4H,1-2H3,(H,13,14). The number of hydrogen-bond acceptors (Lipinski definition) is 3. The molecule has 0 aliphatic heterocycles. The van der Waals surface area contributed by atoms with Gasteiger partial charge in [-0.15, -0.1) is 11.3 Å². The number of thiophene rings is 1. The lowest BCUT2D eigenvalue weighted by Crippen LogP contribution is -2.13. The monoisotopic (exact) mass is 240 g/mol. The Hall–Kier alpha value is -1.13. The van der Waals surface area contributed by atoms with E-state index in [2.05, 4.69) is 10.2 Å². The first-order valence-electron chi connectivity index (χ1n) is 4.41. The molecule has 0 aliphatic rings. The molecule has 0 amide bonds. The van der Waals surface area contributed by atoms with Gasteiger partial charge in [-0.3, -0.25) is 4.79 Å². The number of nitrogens with one attached hydrogen (secondary N) is 1. The van der Waals surface area contributed by atoms with Crippen molar-refractivity contribution < 1.29 is 0 Å². The number of aromatic amines is 1. The molecule has 2 heterocycles. The highest BCUT2D eigenvalue weighted by molar-refractivity contribution is 7.19. The van der Waals surface area contributed by atoms with Crippen molar-refractivity contribution in [2.24, 2.45) is 0 Å². The lowest BCUT2D eigenvalue weighted by atomic mass is 10.1. The molecule has 0 spiro atoms. The molecule has 3 nitrogen and oxygen atoms in total. The van der Waals surface area contributed by atoms with E-state index < -0.39 is 0 Å². The van der Waals surface area contributed by atoms with Gasteiger partial charge >= 0.3 is 0 Å². The van der Waals surface area contributed by atoms with Gasteiger partial charge in [0.05, 0.1) is 9.21 Å². The maximum Gasteiger partial charge on any atom is 0.267 e. The normalized spacial score (nSPS) is 10.6. The van der Waals surface area contributed by atoms with Crippen LogP contribution in [0.4, 0.5) is 0 Å². The van der Waals surface area contributed by atoms with Gasteiger partial charge in [0.25, 0.3) is 5.56 Å². The molecule has 2 aromatic rings. The number of hydrogen-bond donors (Lipinski definition) is 1. The van der Waals surface area contributed by atoms with Gasteiger partial charge in [-0.1, -0.05) is 11.6 Å². The van der Waals surface area contributed by atoms with Crippen LogP contribution in [0.3, 0.4) is 0 Å². The van der Waals surface area contributed by atoms with E-state index in [-0.39, 0.29) is 5.56 Å². The van der Waals surface area contributed by atoms with E-state index in [4.69, 9.17) is 11.6 Å². The summed E-state index contributed by atoms with van der Waals surface area (Å²) in [5.41, 5.74) is 2.25. The first kappa shape index (κ1) is 10.4. The van der Waals surface area contributed by atoms with Crippen molar-refractivity contribution in [1.82, 2.24) is 10.2 Å². The molecule has 1 N–H and O–H groups in total. The van der Waals surface area contributed by atoms with E-state index in [1.165, 1.54) is 11.3 Å². The fourth-order valence-corrected chi connectivity index (χ4v) is 2.39. The van der Waals surface area contributed by atoms with Crippen molar-refractivity contribution in [2.45, 2.75) is 13.8 Å². The minimum atomic E-state index is -0.140. The lowest BCUT2D eigenvalue weighted by Gasteiger charge is -2.03. The summed E-state index contributed by atoms with van der Waals surface area (Å²) in [5.74, 6) is 0. The number of H-pyrrole nitrogens is 1. The Morgan fingerprint density at radius 2 is 2.07 bits per heavy atom. The van der Waals surface area contributed by atoms with Crippen molar-refractivity contribution in [3.8, 4) is 10.6 Å². The summed E-state index contributed by atoms with van der Waals surface area (Å²) < 4.78 is 0.718. The molecule has 2 aromatic heterocycles. The van der Waals surface area contributed by atoms with Crippen molar-refractivity contribution in [2.75, 3.05) is 0 Å². The molecule has 0 saturated carbocycles. The van der Waals surface area contributed by atoms with Gasteiger partial charge in [0.1, 0.15) is 5.69 Å². The molecule has 0 atom stereocenters. The van der Waals surface area contributed by atoms with E-state index in [9.17, 15) is 4.79 Å². The predicted octanol–water partition coefficient (Wildman–Crippen LogP) is 2.77. The van der Waals surface area contributed by atoms with Crippen LogP contribution in [0.1, 0.15) is 11.1 Å². The molecule has 0 radical (unpaired) electrons. The number of rotatable bonds is 1. The fourth-order valence-electron chi connectivity index (χ4n) is 1.30. The van der Waals surface area contributed by atoms with E-state index >= 15 is 0 Å². The molecule has 2 rings (SSSR count). The Morgan fingerprint density at radius 1 is 1.33 bits per heavy atom. The number of nitrogens with zero attached hydrogens (tertiary/aromatic N) is 1. The minimum absolute atomic E-state index is 0.140. The highest BCUT2D eigenvalue weighted by Crippen LogP contribution is 2.31. The Bertz CT molecular complexity index is 559. The second-order valence-corrected chi connectivity index (χ2v) is 4.97. The van der Waals surface area contributed by atoms with Crippen molar-refractivity contribution in [3.05, 3.63) is 37.9 Å². The summed E-state index contributed by atoms with van der Waals surface area (Å²) in [6.07, 6.45) is 0. The molecule has 0 unspecified atom stereocenters. The Kier molecular flexibility index (Phi) is 2.63. The van der Waals surface area contributed by atoms with Crippen molar-refractivity contribution >= 4 is 22.9 Å². The largest absolute Gasteiger partial charge is 0.268 e. The van der Waals surface area contributed by atoms with E-state index in [0.29, 0.717) is 5.56 Å². The zero-order valence-corrected chi connectivity index (χ0v) is 9.87. The zero-order chi connectivity index (χ0) is 11.0. The third-order valence-corrected chi connectivity index (χ3v) is 3.57. The van der Waals surface area contributed by atoms with Gasteiger partial charge in [-0.25, -0.2) is 5.10 Å². The van der Waals surface area contributed by atoms with Crippen LogP contribution < -0.4 is 5.56 Å². The lowest BCUT2D eigenvalue weighted by molar-refractivity contribution is 0.961. The minimum Gasteiger partial charge on any atom is -0.268 e. The van der Waals surface area contributed by atoms with Gasteiger partial charge in [0.2, 0.25) is 0 Å². The van der Waals surface area contributed by atoms with Gasteiger partial charge < -0.3 is 0 Å². The second-order valence-electron chi connectivity index (χ2n) is 3.26.